The normalized spacial score (nSPS) is 23.3. The molecule has 116 valence electrons. The highest BCUT2D eigenvalue weighted by molar-refractivity contribution is 5.33. The van der Waals surface area contributed by atoms with Gasteiger partial charge in [0, 0.05) is 12.8 Å². The van der Waals surface area contributed by atoms with Crippen molar-refractivity contribution in [3.05, 3.63) is 29.8 Å². The van der Waals surface area contributed by atoms with Crippen LogP contribution in [0.15, 0.2) is 24.3 Å². The van der Waals surface area contributed by atoms with E-state index in [-0.39, 0.29) is 0 Å². The van der Waals surface area contributed by atoms with Crippen LogP contribution < -0.4 is 4.74 Å². The lowest BCUT2D eigenvalue weighted by Crippen LogP contribution is -2.42. The Morgan fingerprint density at radius 3 is 2.52 bits per heavy atom. The van der Waals surface area contributed by atoms with Gasteiger partial charge in [-0.1, -0.05) is 19.1 Å². The second kappa shape index (κ2) is 5.95. The molecule has 1 aromatic carbocycles. The summed E-state index contributed by atoms with van der Waals surface area (Å²) < 4.78 is 17.1. The number of hydrogen-bond acceptors (Lipinski definition) is 4. The fourth-order valence-electron chi connectivity index (χ4n) is 3.21. The molecule has 1 aromatic rings. The summed E-state index contributed by atoms with van der Waals surface area (Å²) in [5.74, 6) is 0.388. The molecule has 21 heavy (non-hydrogen) atoms. The lowest BCUT2D eigenvalue weighted by Gasteiger charge is -2.40. The van der Waals surface area contributed by atoms with E-state index in [0.717, 1.165) is 30.6 Å². The smallest absolute Gasteiger partial charge is 0.168 e. The fraction of sp³-hybridized carbons (Fsp3) is 0.647. The number of benzene rings is 1. The molecule has 1 heterocycles. The van der Waals surface area contributed by atoms with Gasteiger partial charge in [0.25, 0.3) is 0 Å². The minimum absolute atomic E-state index is 0.442. The van der Waals surface area contributed by atoms with Crippen LogP contribution in [-0.4, -0.2) is 30.7 Å². The summed E-state index contributed by atoms with van der Waals surface area (Å²) in [6.07, 6.45) is 3.77. The van der Waals surface area contributed by atoms with Crippen molar-refractivity contribution in [2.24, 2.45) is 0 Å². The minimum atomic E-state index is -0.799. The summed E-state index contributed by atoms with van der Waals surface area (Å²) in [5.41, 5.74) is 0.135. The molecule has 1 aliphatic heterocycles. The van der Waals surface area contributed by atoms with Gasteiger partial charge in [-0.15, -0.1) is 0 Å². The van der Waals surface area contributed by atoms with Crippen LogP contribution in [0.5, 0.6) is 5.75 Å². The first kappa shape index (κ1) is 14.8. The average Bonchev–Trinajstić information content (AvgIpc) is 2.98. The maximum Gasteiger partial charge on any atom is 0.168 e. The first-order valence-corrected chi connectivity index (χ1v) is 7.89. The van der Waals surface area contributed by atoms with Crippen molar-refractivity contribution >= 4 is 0 Å². The lowest BCUT2D eigenvalue weighted by molar-refractivity contribution is -0.204. The predicted octanol–water partition coefficient (Wildman–Crippen LogP) is 2.98. The zero-order chi connectivity index (χ0) is 14.8. The van der Waals surface area contributed by atoms with Crippen molar-refractivity contribution in [2.45, 2.75) is 50.4 Å². The van der Waals surface area contributed by atoms with Crippen molar-refractivity contribution in [2.75, 3.05) is 19.8 Å². The maximum absolute atomic E-state index is 11.0. The maximum atomic E-state index is 11.0. The van der Waals surface area contributed by atoms with Gasteiger partial charge in [0.2, 0.25) is 0 Å². The molecule has 1 N–H and O–H groups in total. The van der Waals surface area contributed by atoms with E-state index in [0.29, 0.717) is 32.7 Å². The van der Waals surface area contributed by atoms with Crippen LogP contribution in [0.4, 0.5) is 0 Å². The van der Waals surface area contributed by atoms with Gasteiger partial charge in [0.15, 0.2) is 5.79 Å². The van der Waals surface area contributed by atoms with E-state index in [9.17, 15) is 5.11 Å². The Hall–Kier alpha value is -1.10. The molecule has 2 aliphatic rings. The van der Waals surface area contributed by atoms with Gasteiger partial charge < -0.3 is 19.3 Å². The summed E-state index contributed by atoms with van der Waals surface area (Å²) in [7, 11) is 0. The van der Waals surface area contributed by atoms with E-state index in [4.69, 9.17) is 14.2 Å². The van der Waals surface area contributed by atoms with E-state index >= 15 is 0 Å². The molecule has 1 saturated carbocycles. The third kappa shape index (κ3) is 3.07. The van der Waals surface area contributed by atoms with Crippen LogP contribution in [0, 0.1) is 0 Å². The van der Waals surface area contributed by atoms with E-state index in [1.54, 1.807) is 0 Å². The first-order chi connectivity index (χ1) is 10.2. The zero-order valence-corrected chi connectivity index (χ0v) is 12.6. The second-order valence-corrected chi connectivity index (χ2v) is 6.02. The molecular formula is C17H24O4. The lowest BCUT2D eigenvalue weighted by atomic mass is 9.77. The Kier molecular flexibility index (Phi) is 4.20. The summed E-state index contributed by atoms with van der Waals surface area (Å²) in [6, 6.07) is 7.83. The Morgan fingerprint density at radius 2 is 1.86 bits per heavy atom. The van der Waals surface area contributed by atoms with Crippen LogP contribution in [0.3, 0.4) is 0 Å². The highest BCUT2D eigenvalue weighted by Crippen LogP contribution is 2.45. The molecule has 4 heteroatoms. The van der Waals surface area contributed by atoms with Crippen molar-refractivity contribution in [3.63, 3.8) is 0 Å². The van der Waals surface area contributed by atoms with Gasteiger partial charge in [-0.25, -0.2) is 0 Å². The van der Waals surface area contributed by atoms with Crippen molar-refractivity contribution in [1.82, 2.24) is 0 Å². The number of ether oxygens (including phenoxy) is 3. The van der Waals surface area contributed by atoms with Gasteiger partial charge in [0.1, 0.15) is 5.75 Å². The number of hydrogen-bond donors (Lipinski definition) is 1. The van der Waals surface area contributed by atoms with Crippen molar-refractivity contribution in [1.29, 1.82) is 0 Å². The molecule has 1 aliphatic carbocycles. The summed E-state index contributed by atoms with van der Waals surface area (Å²) in [4.78, 5) is 0. The molecule has 3 rings (SSSR count). The molecule has 1 spiro atoms. The molecule has 1 saturated heterocycles. The first-order valence-electron chi connectivity index (χ1n) is 7.89. The third-order valence-electron chi connectivity index (χ3n) is 4.50. The summed E-state index contributed by atoms with van der Waals surface area (Å²) >= 11 is 0. The highest BCUT2D eigenvalue weighted by Gasteiger charge is 2.46. The molecule has 0 amide bonds. The van der Waals surface area contributed by atoms with Crippen molar-refractivity contribution < 1.29 is 19.3 Å². The Labute approximate surface area is 126 Å². The Bertz CT molecular complexity index is 469. The molecule has 2 fully saturated rings. The monoisotopic (exact) mass is 292 g/mol. The van der Waals surface area contributed by atoms with Gasteiger partial charge in [0.05, 0.1) is 25.4 Å². The molecule has 4 nitrogen and oxygen atoms in total. The largest absolute Gasteiger partial charge is 0.494 e. The molecule has 0 unspecified atom stereocenters. The van der Waals surface area contributed by atoms with E-state index in [2.05, 4.69) is 6.92 Å². The SMILES string of the molecule is CCCOc1cccc(C2(O)CCC3(CC2)OCCO3)c1. The van der Waals surface area contributed by atoms with Crippen LogP contribution in [0.1, 0.15) is 44.6 Å². The number of aliphatic hydroxyl groups is 1. The van der Waals surface area contributed by atoms with Crippen LogP contribution >= 0.6 is 0 Å². The van der Waals surface area contributed by atoms with Crippen LogP contribution in [0.2, 0.25) is 0 Å². The molecule has 0 bridgehead atoms. The third-order valence-corrected chi connectivity index (χ3v) is 4.50. The van der Waals surface area contributed by atoms with Crippen LogP contribution in [0.25, 0.3) is 0 Å². The predicted molar refractivity (Wildman–Crippen MR) is 79.2 cm³/mol. The molecule has 0 aromatic heterocycles. The topological polar surface area (TPSA) is 47.9 Å². The summed E-state index contributed by atoms with van der Waals surface area (Å²) in [5, 5.41) is 11.0. The van der Waals surface area contributed by atoms with E-state index in [1.807, 2.05) is 24.3 Å². The van der Waals surface area contributed by atoms with Gasteiger partial charge in [-0.2, -0.15) is 0 Å². The van der Waals surface area contributed by atoms with E-state index < -0.39 is 11.4 Å². The highest BCUT2D eigenvalue weighted by atomic mass is 16.7. The Balaban J connectivity index is 1.71. The molecule has 0 radical (unpaired) electrons. The van der Waals surface area contributed by atoms with Gasteiger partial charge in [-0.05, 0) is 37.0 Å². The quantitative estimate of drug-likeness (QED) is 0.927. The Morgan fingerprint density at radius 1 is 1.14 bits per heavy atom. The number of rotatable bonds is 4. The fourth-order valence-corrected chi connectivity index (χ4v) is 3.21. The minimum Gasteiger partial charge on any atom is -0.494 e. The average molecular weight is 292 g/mol. The second-order valence-electron chi connectivity index (χ2n) is 6.02. The van der Waals surface area contributed by atoms with E-state index in [1.165, 1.54) is 0 Å². The zero-order valence-electron chi connectivity index (χ0n) is 12.6. The molecule has 0 atom stereocenters. The molecular weight excluding hydrogens is 268 g/mol. The summed E-state index contributed by atoms with van der Waals surface area (Å²) in [6.45, 7) is 4.11. The van der Waals surface area contributed by atoms with Crippen LogP contribution in [-0.2, 0) is 15.1 Å². The van der Waals surface area contributed by atoms with Gasteiger partial charge in [-0.3, -0.25) is 0 Å². The van der Waals surface area contributed by atoms with Crippen molar-refractivity contribution in [3.8, 4) is 5.75 Å². The standard InChI is InChI=1S/C17H24O4/c1-2-10-19-15-5-3-4-14(13-15)16(18)6-8-17(9-7-16)20-11-12-21-17/h3-5,13,18H,2,6-12H2,1H3. The van der Waals surface area contributed by atoms with Gasteiger partial charge >= 0.3 is 0 Å².